The van der Waals surface area contributed by atoms with E-state index in [0.717, 1.165) is 25.7 Å². The Hall–Kier alpha value is -0.590. The average molecular weight is 292 g/mol. The molecule has 0 aliphatic heterocycles. The van der Waals surface area contributed by atoms with Crippen molar-refractivity contribution < 1.29 is 8.42 Å². The van der Waals surface area contributed by atoms with Crippen molar-refractivity contribution in [3.63, 3.8) is 0 Å². The first kappa shape index (κ1) is 13.8. The first-order chi connectivity index (χ1) is 8.53. The Bertz CT molecular complexity index is 500. The minimum absolute atomic E-state index is 0.0649. The van der Waals surface area contributed by atoms with Gasteiger partial charge in [-0.1, -0.05) is 12.8 Å². The number of nitrogens with zero attached hydrogens (tertiary/aromatic N) is 1. The Balaban J connectivity index is 2.12. The van der Waals surface area contributed by atoms with Crippen LogP contribution in [0.4, 0.5) is 0 Å². The van der Waals surface area contributed by atoms with E-state index in [9.17, 15) is 8.42 Å². The summed E-state index contributed by atoms with van der Waals surface area (Å²) in [6.45, 7) is 1.72. The molecule has 2 unspecified atom stereocenters. The van der Waals surface area contributed by atoms with Gasteiger partial charge in [-0.3, -0.25) is 0 Å². The number of imidazole rings is 1. The van der Waals surface area contributed by atoms with Gasteiger partial charge in [-0.25, -0.2) is 18.1 Å². The van der Waals surface area contributed by atoms with Crippen LogP contribution in [0.15, 0.2) is 11.2 Å². The molecule has 5 nitrogen and oxygen atoms in total. The summed E-state index contributed by atoms with van der Waals surface area (Å²) in [6, 6.07) is -0.0649. The van der Waals surface area contributed by atoms with Crippen LogP contribution in [-0.4, -0.2) is 30.3 Å². The van der Waals surface area contributed by atoms with Crippen LogP contribution in [0.3, 0.4) is 0 Å². The maximum absolute atomic E-state index is 12.1. The summed E-state index contributed by atoms with van der Waals surface area (Å²) >= 11 is 5.90. The number of H-pyrrole nitrogens is 1. The Morgan fingerprint density at radius 2 is 2.22 bits per heavy atom. The minimum Gasteiger partial charge on any atom is -0.332 e. The topological polar surface area (TPSA) is 74.8 Å². The van der Waals surface area contributed by atoms with Crippen LogP contribution >= 0.6 is 11.6 Å². The van der Waals surface area contributed by atoms with Gasteiger partial charge in [0.15, 0.2) is 5.03 Å². The highest BCUT2D eigenvalue weighted by Crippen LogP contribution is 2.26. The number of alkyl halides is 1. The number of aryl methyl sites for hydroxylation is 1. The fraction of sp³-hybridized carbons (Fsp3) is 0.727. The lowest BCUT2D eigenvalue weighted by atomic mass is 9.86. The second-order valence-corrected chi connectivity index (χ2v) is 6.75. The van der Waals surface area contributed by atoms with Crippen LogP contribution in [-0.2, 0) is 10.0 Å². The van der Waals surface area contributed by atoms with Crippen molar-refractivity contribution in [2.24, 2.45) is 5.92 Å². The van der Waals surface area contributed by atoms with Crippen LogP contribution in [0.2, 0.25) is 0 Å². The third-order valence-electron chi connectivity index (χ3n) is 3.38. The van der Waals surface area contributed by atoms with Gasteiger partial charge >= 0.3 is 0 Å². The largest absolute Gasteiger partial charge is 0.332 e. The summed E-state index contributed by atoms with van der Waals surface area (Å²) in [4.78, 5) is 6.66. The van der Waals surface area contributed by atoms with Crippen molar-refractivity contribution in [3.8, 4) is 0 Å². The summed E-state index contributed by atoms with van der Waals surface area (Å²) < 4.78 is 27.0. The molecule has 1 aliphatic carbocycles. The molecule has 7 heteroatoms. The number of rotatable bonds is 4. The number of aromatic amines is 1. The van der Waals surface area contributed by atoms with E-state index in [2.05, 4.69) is 14.7 Å². The molecule has 0 amide bonds. The lowest BCUT2D eigenvalue weighted by Crippen LogP contribution is -2.42. The summed E-state index contributed by atoms with van der Waals surface area (Å²) in [5, 5.41) is 0.124. The molecular weight excluding hydrogens is 274 g/mol. The van der Waals surface area contributed by atoms with Crippen molar-refractivity contribution in [1.29, 1.82) is 0 Å². The van der Waals surface area contributed by atoms with Gasteiger partial charge in [-0.05, 0) is 25.7 Å². The second kappa shape index (κ2) is 5.59. The van der Waals surface area contributed by atoms with Gasteiger partial charge in [-0.2, -0.15) is 0 Å². The molecule has 1 aromatic heterocycles. The van der Waals surface area contributed by atoms with Gasteiger partial charge in [0.25, 0.3) is 10.0 Å². The number of aromatic nitrogens is 2. The maximum atomic E-state index is 12.1. The molecular formula is C11H18ClN3O2S. The number of hydrogen-bond acceptors (Lipinski definition) is 3. The van der Waals surface area contributed by atoms with E-state index >= 15 is 0 Å². The molecule has 0 aromatic carbocycles. The normalized spacial score (nSPS) is 25.2. The van der Waals surface area contributed by atoms with Gasteiger partial charge in [0.05, 0.1) is 6.20 Å². The highest BCUT2D eigenvalue weighted by Gasteiger charge is 2.29. The van der Waals surface area contributed by atoms with Crippen LogP contribution in [0.5, 0.6) is 0 Å². The molecule has 1 saturated carbocycles. The van der Waals surface area contributed by atoms with Crippen molar-refractivity contribution in [3.05, 3.63) is 12.0 Å². The molecule has 18 heavy (non-hydrogen) atoms. The molecule has 1 fully saturated rings. The first-order valence-corrected chi connectivity index (χ1v) is 8.14. The van der Waals surface area contributed by atoms with Crippen molar-refractivity contribution in [2.45, 2.75) is 43.7 Å². The predicted octanol–water partition coefficient (Wildman–Crippen LogP) is 1.79. The highest BCUT2D eigenvalue weighted by atomic mass is 35.5. The number of nitrogens with one attached hydrogen (secondary N) is 2. The second-order valence-electron chi connectivity index (χ2n) is 4.76. The van der Waals surface area contributed by atoms with Gasteiger partial charge in [0.2, 0.25) is 0 Å². The van der Waals surface area contributed by atoms with Gasteiger partial charge in [0.1, 0.15) is 5.82 Å². The average Bonchev–Trinajstić information content (AvgIpc) is 2.77. The monoisotopic (exact) mass is 291 g/mol. The summed E-state index contributed by atoms with van der Waals surface area (Å²) in [5.41, 5.74) is 0. The Kier molecular flexibility index (Phi) is 4.29. The van der Waals surface area contributed by atoms with Crippen molar-refractivity contribution >= 4 is 21.6 Å². The fourth-order valence-electron chi connectivity index (χ4n) is 2.35. The van der Waals surface area contributed by atoms with Crippen LogP contribution in [0.25, 0.3) is 0 Å². The Morgan fingerprint density at radius 1 is 1.50 bits per heavy atom. The lowest BCUT2D eigenvalue weighted by Gasteiger charge is -2.30. The van der Waals surface area contributed by atoms with Gasteiger partial charge in [-0.15, -0.1) is 11.6 Å². The van der Waals surface area contributed by atoms with E-state index in [0.29, 0.717) is 11.7 Å². The quantitative estimate of drug-likeness (QED) is 0.831. The van der Waals surface area contributed by atoms with E-state index in [1.54, 1.807) is 6.92 Å². The zero-order valence-corrected chi connectivity index (χ0v) is 11.9. The smallest absolute Gasteiger partial charge is 0.257 e. The summed E-state index contributed by atoms with van der Waals surface area (Å²) in [6.07, 6.45) is 5.35. The molecule has 2 rings (SSSR count). The summed E-state index contributed by atoms with van der Waals surface area (Å²) in [7, 11) is -3.51. The maximum Gasteiger partial charge on any atom is 0.257 e. The first-order valence-electron chi connectivity index (χ1n) is 6.13. The predicted molar refractivity (Wildman–Crippen MR) is 70.1 cm³/mol. The Morgan fingerprint density at radius 3 is 2.83 bits per heavy atom. The standard InChI is InChI=1S/C11H18ClN3O2S/c1-8-13-7-11(14-8)18(16,17)15-10-5-3-2-4-9(10)6-12/h7,9-10,15H,2-6H2,1H3,(H,13,14). The van der Waals surface area contributed by atoms with E-state index in [-0.39, 0.29) is 17.0 Å². The van der Waals surface area contributed by atoms with Crippen LogP contribution < -0.4 is 4.72 Å². The van der Waals surface area contributed by atoms with E-state index in [1.807, 2.05) is 0 Å². The lowest BCUT2D eigenvalue weighted by molar-refractivity contribution is 0.313. The molecule has 2 atom stereocenters. The van der Waals surface area contributed by atoms with Crippen LogP contribution in [0, 0.1) is 12.8 Å². The molecule has 102 valence electrons. The van der Waals surface area contributed by atoms with Crippen molar-refractivity contribution in [1.82, 2.24) is 14.7 Å². The zero-order valence-electron chi connectivity index (χ0n) is 10.3. The number of hydrogen-bond donors (Lipinski definition) is 2. The minimum atomic E-state index is -3.51. The number of sulfonamides is 1. The Labute approximate surface area is 112 Å². The molecule has 1 aromatic rings. The van der Waals surface area contributed by atoms with Gasteiger partial charge < -0.3 is 4.98 Å². The third-order valence-corrected chi connectivity index (χ3v) is 5.18. The molecule has 2 N–H and O–H groups in total. The van der Waals surface area contributed by atoms with Crippen molar-refractivity contribution in [2.75, 3.05) is 5.88 Å². The zero-order chi connectivity index (χ0) is 13.2. The van der Waals surface area contributed by atoms with Gasteiger partial charge in [0, 0.05) is 11.9 Å². The van der Waals surface area contributed by atoms with Crippen LogP contribution in [0.1, 0.15) is 31.5 Å². The molecule has 0 bridgehead atoms. The molecule has 0 spiro atoms. The SMILES string of the molecule is Cc1ncc(S(=O)(=O)NC2CCCCC2CCl)[nH]1. The van der Waals surface area contributed by atoms with E-state index < -0.39 is 10.0 Å². The van der Waals surface area contributed by atoms with E-state index in [1.165, 1.54) is 6.20 Å². The molecule has 0 radical (unpaired) electrons. The number of halogens is 1. The third kappa shape index (κ3) is 3.05. The molecule has 1 aliphatic rings. The highest BCUT2D eigenvalue weighted by molar-refractivity contribution is 7.89. The molecule has 0 saturated heterocycles. The molecule has 1 heterocycles. The summed E-state index contributed by atoms with van der Waals surface area (Å²) in [5.74, 6) is 1.31. The van der Waals surface area contributed by atoms with E-state index in [4.69, 9.17) is 11.6 Å². The fourth-order valence-corrected chi connectivity index (χ4v) is 4.02.